The molecule has 4 heteroatoms. The number of carboxylic acid groups (broad SMARTS) is 1. The van der Waals surface area contributed by atoms with Crippen LogP contribution in [0.25, 0.3) is 10.9 Å². The number of aromatic amines is 1. The Balaban J connectivity index is 2.81. The Bertz CT molecular complexity index is 475. The summed E-state index contributed by atoms with van der Waals surface area (Å²) in [5.74, 6) is -1.17. The predicted octanol–water partition coefficient (Wildman–Crippen LogP) is 1.14. The number of carboxylic acids is 1. The summed E-state index contributed by atoms with van der Waals surface area (Å²) in [7, 11) is 0. The van der Waals surface area contributed by atoms with Gasteiger partial charge in [0.2, 0.25) is 0 Å². The lowest BCUT2D eigenvalue weighted by Crippen LogP contribution is -2.23. The van der Waals surface area contributed by atoms with Crippen molar-refractivity contribution in [2.75, 3.05) is 0 Å². The number of rotatable bonds is 1. The van der Waals surface area contributed by atoms with Crippen LogP contribution in [0.4, 0.5) is 0 Å². The molecule has 0 saturated heterocycles. The van der Waals surface area contributed by atoms with Gasteiger partial charge in [-0.05, 0) is 28.7 Å². The Morgan fingerprint density at radius 2 is 2.08 bits per heavy atom. The molecule has 0 aliphatic heterocycles. The maximum absolute atomic E-state index is 10.6. The van der Waals surface area contributed by atoms with Crippen molar-refractivity contribution in [3.8, 4) is 0 Å². The maximum atomic E-state index is 10.6. The molecule has 13 heavy (non-hydrogen) atoms. The third-order valence-corrected chi connectivity index (χ3v) is 2.97. The molecule has 0 aliphatic rings. The second-order valence-corrected chi connectivity index (χ2v) is 3.73. The zero-order valence-corrected chi connectivity index (χ0v) is 8.66. The first-order chi connectivity index (χ1) is 6.20. The molecule has 1 aromatic heterocycles. The van der Waals surface area contributed by atoms with Crippen molar-refractivity contribution >= 4 is 39.5 Å². The van der Waals surface area contributed by atoms with Crippen molar-refractivity contribution in [3.05, 3.63) is 33.5 Å². The summed E-state index contributed by atoms with van der Waals surface area (Å²) in [6.45, 7) is 0. The van der Waals surface area contributed by atoms with E-state index in [0.29, 0.717) is 3.57 Å². The topological polar surface area (TPSA) is 55.9 Å². The number of carbonyl (C=O) groups excluding carboxylic acids is 1. The molecule has 0 atom stereocenters. The highest BCUT2D eigenvalue weighted by molar-refractivity contribution is 14.1. The van der Waals surface area contributed by atoms with Crippen LogP contribution in [0.2, 0.25) is 0 Å². The number of hydrogen-bond donors (Lipinski definition) is 1. The van der Waals surface area contributed by atoms with Crippen LogP contribution in [0.3, 0.4) is 0 Å². The number of nitrogens with one attached hydrogen (secondary N) is 1. The summed E-state index contributed by atoms with van der Waals surface area (Å²) < 4.78 is 0.702. The first kappa shape index (κ1) is 8.55. The van der Waals surface area contributed by atoms with E-state index in [-0.39, 0.29) is 5.69 Å². The zero-order valence-electron chi connectivity index (χ0n) is 6.50. The average Bonchev–Trinajstić information content (AvgIpc) is 2.45. The van der Waals surface area contributed by atoms with Crippen molar-refractivity contribution < 1.29 is 9.90 Å². The van der Waals surface area contributed by atoms with Gasteiger partial charge < -0.3 is 14.9 Å². The van der Waals surface area contributed by atoms with Crippen LogP contribution >= 0.6 is 22.6 Å². The Hall–Kier alpha value is -1.04. The third-order valence-electron chi connectivity index (χ3n) is 1.85. The molecule has 0 spiro atoms. The number of hydrogen-bond acceptors (Lipinski definition) is 2. The molecule has 0 fully saturated rings. The average molecular weight is 286 g/mol. The summed E-state index contributed by atoms with van der Waals surface area (Å²) in [4.78, 5) is 13.4. The molecule has 1 N–H and O–H groups in total. The van der Waals surface area contributed by atoms with Crippen LogP contribution in [0.5, 0.6) is 0 Å². The van der Waals surface area contributed by atoms with Gasteiger partial charge in [-0.3, -0.25) is 0 Å². The Labute approximate surface area is 87.9 Å². The SMILES string of the molecule is O=C([O-])c1[nH]c2ccccc2c1I. The fourth-order valence-corrected chi connectivity index (χ4v) is 2.07. The second-order valence-electron chi connectivity index (χ2n) is 2.65. The normalized spacial score (nSPS) is 10.5. The molecule has 1 heterocycles. The molecule has 66 valence electrons. The van der Waals surface area contributed by atoms with Gasteiger partial charge >= 0.3 is 0 Å². The van der Waals surface area contributed by atoms with Crippen molar-refractivity contribution in [1.29, 1.82) is 0 Å². The Morgan fingerprint density at radius 1 is 1.38 bits per heavy atom. The fraction of sp³-hybridized carbons (Fsp3) is 0. The van der Waals surface area contributed by atoms with E-state index < -0.39 is 5.97 Å². The number of H-pyrrole nitrogens is 1. The quantitative estimate of drug-likeness (QED) is 0.799. The Morgan fingerprint density at radius 3 is 2.69 bits per heavy atom. The number of halogens is 1. The number of benzene rings is 1. The maximum Gasteiger partial charge on any atom is 0.0889 e. The highest BCUT2D eigenvalue weighted by Crippen LogP contribution is 2.23. The summed E-state index contributed by atoms with van der Waals surface area (Å²) in [5, 5.41) is 11.6. The first-order valence-corrected chi connectivity index (χ1v) is 4.75. The summed E-state index contributed by atoms with van der Waals surface area (Å²) in [6, 6.07) is 7.44. The monoisotopic (exact) mass is 286 g/mol. The largest absolute Gasteiger partial charge is 0.543 e. The molecular formula is C9H5INO2-. The van der Waals surface area contributed by atoms with Crippen LogP contribution < -0.4 is 5.11 Å². The minimum absolute atomic E-state index is 0.154. The summed E-state index contributed by atoms with van der Waals surface area (Å²) >= 11 is 2.00. The van der Waals surface area contributed by atoms with Crippen LogP contribution in [0.15, 0.2) is 24.3 Å². The van der Waals surface area contributed by atoms with Gasteiger partial charge in [0, 0.05) is 14.5 Å². The van der Waals surface area contributed by atoms with Crippen LogP contribution in [0.1, 0.15) is 10.5 Å². The van der Waals surface area contributed by atoms with Gasteiger partial charge in [-0.1, -0.05) is 18.2 Å². The van der Waals surface area contributed by atoms with E-state index in [9.17, 15) is 9.90 Å². The molecule has 0 bridgehead atoms. The molecule has 0 saturated carbocycles. The van der Waals surface area contributed by atoms with Gasteiger partial charge in [-0.25, -0.2) is 0 Å². The summed E-state index contributed by atoms with van der Waals surface area (Å²) in [6.07, 6.45) is 0. The fourth-order valence-electron chi connectivity index (χ4n) is 1.25. The molecule has 1 aromatic carbocycles. The molecule has 3 nitrogen and oxygen atoms in total. The van der Waals surface area contributed by atoms with Crippen molar-refractivity contribution in [1.82, 2.24) is 4.98 Å². The minimum atomic E-state index is -1.17. The van der Waals surface area contributed by atoms with E-state index in [4.69, 9.17) is 0 Å². The molecular weight excluding hydrogens is 281 g/mol. The van der Waals surface area contributed by atoms with Gasteiger partial charge in [-0.15, -0.1) is 0 Å². The van der Waals surface area contributed by atoms with Crippen LogP contribution in [-0.2, 0) is 0 Å². The second kappa shape index (κ2) is 3.02. The minimum Gasteiger partial charge on any atom is -0.543 e. The highest BCUT2D eigenvalue weighted by atomic mass is 127. The van der Waals surface area contributed by atoms with Gasteiger partial charge in [0.15, 0.2) is 0 Å². The molecule has 0 amide bonds. The van der Waals surface area contributed by atoms with Crippen molar-refractivity contribution in [3.63, 3.8) is 0 Å². The zero-order chi connectivity index (χ0) is 9.42. The van der Waals surface area contributed by atoms with Crippen molar-refractivity contribution in [2.24, 2.45) is 0 Å². The lowest BCUT2D eigenvalue weighted by Gasteiger charge is -1.97. The Kier molecular flexibility index (Phi) is 1.99. The van der Waals surface area contributed by atoms with Crippen LogP contribution in [-0.4, -0.2) is 11.0 Å². The van der Waals surface area contributed by atoms with E-state index in [1.807, 2.05) is 46.9 Å². The summed E-state index contributed by atoms with van der Waals surface area (Å²) in [5.41, 5.74) is 0.980. The van der Waals surface area contributed by atoms with E-state index >= 15 is 0 Å². The van der Waals surface area contributed by atoms with Gasteiger partial charge in [0.1, 0.15) is 0 Å². The van der Waals surface area contributed by atoms with Gasteiger partial charge in [-0.2, -0.15) is 0 Å². The molecule has 0 aliphatic carbocycles. The molecule has 0 radical (unpaired) electrons. The number of para-hydroxylation sites is 1. The smallest absolute Gasteiger partial charge is 0.0889 e. The van der Waals surface area contributed by atoms with Gasteiger partial charge in [0.25, 0.3) is 0 Å². The number of fused-ring (bicyclic) bond motifs is 1. The van der Waals surface area contributed by atoms with E-state index in [1.54, 1.807) is 0 Å². The van der Waals surface area contributed by atoms with Gasteiger partial charge in [0.05, 0.1) is 11.7 Å². The van der Waals surface area contributed by atoms with E-state index in [2.05, 4.69) is 4.98 Å². The third kappa shape index (κ3) is 1.31. The number of aromatic carboxylic acids is 1. The lowest BCUT2D eigenvalue weighted by atomic mass is 10.2. The molecule has 2 rings (SSSR count). The highest BCUT2D eigenvalue weighted by Gasteiger charge is 2.07. The lowest BCUT2D eigenvalue weighted by molar-refractivity contribution is -0.255. The standard InChI is InChI=1S/C9H6INO2/c10-7-5-3-1-2-4-6(5)11-8(7)9(12)13/h1-4,11H,(H,12,13)/p-1. The first-order valence-electron chi connectivity index (χ1n) is 3.67. The molecule has 0 unspecified atom stereocenters. The van der Waals surface area contributed by atoms with Crippen LogP contribution in [0, 0.1) is 3.57 Å². The van der Waals surface area contributed by atoms with Crippen molar-refractivity contribution in [2.45, 2.75) is 0 Å². The van der Waals surface area contributed by atoms with E-state index in [0.717, 1.165) is 10.9 Å². The molecule has 2 aromatic rings. The number of carbonyl (C=O) groups is 1. The number of aromatic nitrogens is 1. The van der Waals surface area contributed by atoms with E-state index in [1.165, 1.54) is 0 Å². The predicted molar refractivity (Wildman–Crippen MR) is 55.3 cm³/mol.